The van der Waals surface area contributed by atoms with Crippen LogP contribution in [0, 0.1) is 0 Å². The molecule has 0 radical (unpaired) electrons. The molecule has 0 spiro atoms. The maximum atomic E-state index is 9.14. The Morgan fingerprint density at radius 2 is 1.94 bits per heavy atom. The van der Waals surface area contributed by atoms with Crippen LogP contribution in [0.2, 0.25) is 0 Å². The first-order chi connectivity index (χ1) is 8.33. The SMILES string of the molecule is OCc1cccc(Oc2ncccc2CO)c1. The van der Waals surface area contributed by atoms with Crippen LogP contribution in [-0.2, 0) is 13.2 Å². The van der Waals surface area contributed by atoms with Crippen LogP contribution < -0.4 is 4.74 Å². The van der Waals surface area contributed by atoms with Crippen LogP contribution >= 0.6 is 0 Å². The summed E-state index contributed by atoms with van der Waals surface area (Å²) < 4.78 is 5.56. The summed E-state index contributed by atoms with van der Waals surface area (Å²) in [6.45, 7) is -0.158. The second-order valence-corrected chi connectivity index (χ2v) is 3.53. The van der Waals surface area contributed by atoms with Gasteiger partial charge < -0.3 is 14.9 Å². The summed E-state index contributed by atoms with van der Waals surface area (Å²) in [6.07, 6.45) is 1.60. The predicted molar refractivity (Wildman–Crippen MR) is 62.6 cm³/mol. The minimum atomic E-state index is -0.122. The van der Waals surface area contributed by atoms with Crippen LogP contribution in [0.5, 0.6) is 11.6 Å². The summed E-state index contributed by atoms with van der Waals surface area (Å²) in [4.78, 5) is 4.06. The Kier molecular flexibility index (Phi) is 3.69. The molecule has 0 amide bonds. The van der Waals surface area contributed by atoms with Gasteiger partial charge in [-0.15, -0.1) is 0 Å². The maximum absolute atomic E-state index is 9.14. The zero-order valence-corrected chi connectivity index (χ0v) is 9.21. The third kappa shape index (κ3) is 2.81. The highest BCUT2D eigenvalue weighted by atomic mass is 16.5. The van der Waals surface area contributed by atoms with E-state index in [1.165, 1.54) is 0 Å². The Morgan fingerprint density at radius 1 is 1.06 bits per heavy atom. The number of hydrogen-bond acceptors (Lipinski definition) is 4. The minimum Gasteiger partial charge on any atom is -0.439 e. The van der Waals surface area contributed by atoms with E-state index in [-0.39, 0.29) is 13.2 Å². The molecule has 0 saturated heterocycles. The highest BCUT2D eigenvalue weighted by Gasteiger charge is 2.05. The number of aliphatic hydroxyl groups excluding tert-OH is 2. The second kappa shape index (κ2) is 5.43. The molecule has 0 aliphatic rings. The zero-order valence-electron chi connectivity index (χ0n) is 9.21. The zero-order chi connectivity index (χ0) is 12.1. The lowest BCUT2D eigenvalue weighted by atomic mass is 10.2. The van der Waals surface area contributed by atoms with E-state index in [0.717, 1.165) is 5.56 Å². The van der Waals surface area contributed by atoms with E-state index in [1.54, 1.807) is 42.6 Å². The van der Waals surface area contributed by atoms with Crippen molar-refractivity contribution in [1.29, 1.82) is 0 Å². The fourth-order valence-electron chi connectivity index (χ4n) is 1.46. The molecule has 1 aromatic carbocycles. The quantitative estimate of drug-likeness (QED) is 0.843. The monoisotopic (exact) mass is 231 g/mol. The highest BCUT2D eigenvalue weighted by Crippen LogP contribution is 2.23. The average molecular weight is 231 g/mol. The minimum absolute atomic E-state index is 0.0354. The maximum Gasteiger partial charge on any atom is 0.224 e. The van der Waals surface area contributed by atoms with Gasteiger partial charge in [-0.2, -0.15) is 0 Å². The molecule has 0 bridgehead atoms. The Balaban J connectivity index is 2.24. The predicted octanol–water partition coefficient (Wildman–Crippen LogP) is 1.86. The molecule has 2 aromatic rings. The van der Waals surface area contributed by atoms with Crippen molar-refractivity contribution in [1.82, 2.24) is 4.98 Å². The van der Waals surface area contributed by atoms with Crippen LogP contribution in [0.3, 0.4) is 0 Å². The molecule has 4 heteroatoms. The van der Waals surface area contributed by atoms with Crippen molar-refractivity contribution >= 4 is 0 Å². The van der Waals surface area contributed by atoms with Gasteiger partial charge in [-0.3, -0.25) is 0 Å². The van der Waals surface area contributed by atoms with Crippen molar-refractivity contribution in [2.75, 3.05) is 0 Å². The van der Waals surface area contributed by atoms with E-state index in [9.17, 15) is 0 Å². The van der Waals surface area contributed by atoms with Gasteiger partial charge in [0.2, 0.25) is 5.88 Å². The van der Waals surface area contributed by atoms with Gasteiger partial charge in [0.1, 0.15) is 5.75 Å². The normalized spacial score (nSPS) is 10.2. The van der Waals surface area contributed by atoms with E-state index in [4.69, 9.17) is 14.9 Å². The molecule has 88 valence electrons. The number of aromatic nitrogens is 1. The number of nitrogens with zero attached hydrogens (tertiary/aromatic N) is 1. The van der Waals surface area contributed by atoms with Gasteiger partial charge in [0, 0.05) is 11.8 Å². The van der Waals surface area contributed by atoms with Crippen molar-refractivity contribution < 1.29 is 14.9 Å². The molecule has 0 aliphatic carbocycles. The largest absolute Gasteiger partial charge is 0.439 e. The number of ether oxygens (including phenoxy) is 1. The summed E-state index contributed by atoms with van der Waals surface area (Å²) in [5.74, 6) is 0.968. The Morgan fingerprint density at radius 3 is 2.71 bits per heavy atom. The highest BCUT2D eigenvalue weighted by molar-refractivity contribution is 5.34. The van der Waals surface area contributed by atoms with Crippen molar-refractivity contribution in [3.05, 3.63) is 53.7 Å². The van der Waals surface area contributed by atoms with Crippen LogP contribution in [0.1, 0.15) is 11.1 Å². The third-order valence-corrected chi connectivity index (χ3v) is 2.32. The van der Waals surface area contributed by atoms with E-state index in [1.807, 2.05) is 0 Å². The van der Waals surface area contributed by atoms with Crippen LogP contribution in [0.4, 0.5) is 0 Å². The van der Waals surface area contributed by atoms with Crippen LogP contribution in [0.25, 0.3) is 0 Å². The molecule has 0 atom stereocenters. The Bertz CT molecular complexity index is 500. The molecule has 2 rings (SSSR count). The molecule has 0 aliphatic heterocycles. The molecule has 2 N–H and O–H groups in total. The smallest absolute Gasteiger partial charge is 0.224 e. The van der Waals surface area contributed by atoms with Crippen molar-refractivity contribution in [3.8, 4) is 11.6 Å². The van der Waals surface area contributed by atoms with Crippen molar-refractivity contribution in [3.63, 3.8) is 0 Å². The van der Waals surface area contributed by atoms with Gasteiger partial charge in [-0.1, -0.05) is 12.1 Å². The second-order valence-electron chi connectivity index (χ2n) is 3.53. The summed E-state index contributed by atoms with van der Waals surface area (Å²) in [5, 5.41) is 18.2. The summed E-state index contributed by atoms with van der Waals surface area (Å²) in [6, 6.07) is 10.6. The van der Waals surface area contributed by atoms with Gasteiger partial charge in [-0.25, -0.2) is 4.98 Å². The number of aliphatic hydroxyl groups is 2. The molecule has 0 saturated carbocycles. The lowest BCUT2D eigenvalue weighted by Crippen LogP contribution is -1.94. The van der Waals surface area contributed by atoms with Gasteiger partial charge in [-0.05, 0) is 29.8 Å². The molecule has 1 heterocycles. The van der Waals surface area contributed by atoms with E-state index in [0.29, 0.717) is 17.2 Å². The fourth-order valence-corrected chi connectivity index (χ4v) is 1.46. The molecule has 0 fully saturated rings. The average Bonchev–Trinajstić information content (AvgIpc) is 2.39. The Labute approximate surface area is 99.1 Å². The first-order valence-electron chi connectivity index (χ1n) is 5.26. The van der Waals surface area contributed by atoms with Gasteiger partial charge in [0.15, 0.2) is 0 Å². The van der Waals surface area contributed by atoms with E-state index < -0.39 is 0 Å². The van der Waals surface area contributed by atoms with Crippen molar-refractivity contribution in [2.24, 2.45) is 0 Å². The summed E-state index contributed by atoms with van der Waals surface area (Å²) in [5.41, 5.74) is 1.39. The summed E-state index contributed by atoms with van der Waals surface area (Å²) >= 11 is 0. The lowest BCUT2D eigenvalue weighted by Gasteiger charge is -2.08. The molecule has 0 unspecified atom stereocenters. The molecule has 1 aromatic heterocycles. The topological polar surface area (TPSA) is 62.6 Å². The number of benzene rings is 1. The first kappa shape index (κ1) is 11.6. The molecular formula is C13H13NO3. The van der Waals surface area contributed by atoms with Crippen molar-refractivity contribution in [2.45, 2.75) is 13.2 Å². The van der Waals surface area contributed by atoms with Gasteiger partial charge in [0.05, 0.1) is 13.2 Å². The number of rotatable bonds is 4. The third-order valence-electron chi connectivity index (χ3n) is 2.32. The number of hydrogen-bond donors (Lipinski definition) is 2. The van der Waals surface area contributed by atoms with E-state index >= 15 is 0 Å². The van der Waals surface area contributed by atoms with Crippen LogP contribution in [0.15, 0.2) is 42.6 Å². The van der Waals surface area contributed by atoms with Crippen LogP contribution in [-0.4, -0.2) is 15.2 Å². The van der Waals surface area contributed by atoms with Gasteiger partial charge >= 0.3 is 0 Å². The lowest BCUT2D eigenvalue weighted by molar-refractivity contribution is 0.274. The summed E-state index contributed by atoms with van der Waals surface area (Å²) in [7, 11) is 0. The standard InChI is InChI=1S/C13H13NO3/c15-8-10-3-1-5-12(7-10)17-13-11(9-16)4-2-6-14-13/h1-7,15-16H,8-9H2. The van der Waals surface area contributed by atoms with Gasteiger partial charge in [0.25, 0.3) is 0 Å². The van der Waals surface area contributed by atoms with E-state index in [2.05, 4.69) is 4.98 Å². The number of pyridine rings is 1. The molecular weight excluding hydrogens is 218 g/mol. The Hall–Kier alpha value is -1.91. The first-order valence-corrected chi connectivity index (χ1v) is 5.26. The fraction of sp³-hybridized carbons (Fsp3) is 0.154. The molecule has 17 heavy (non-hydrogen) atoms. The molecule has 4 nitrogen and oxygen atoms in total.